The van der Waals surface area contributed by atoms with Crippen LogP contribution in [0.5, 0.6) is 0 Å². The van der Waals surface area contributed by atoms with Gasteiger partial charge in [-0.3, -0.25) is 29.3 Å². The van der Waals surface area contributed by atoms with Gasteiger partial charge in [0.05, 0.1) is 48.0 Å². The van der Waals surface area contributed by atoms with E-state index in [0.29, 0.717) is 84.5 Å². The molecular formula is C98H141N9O21. The third-order valence-electron chi connectivity index (χ3n) is 21.2. The largest absolute Gasteiger partial charge is 0.467 e. The molecule has 30 nitrogen and oxygen atoms in total. The van der Waals surface area contributed by atoms with Crippen LogP contribution in [0.25, 0.3) is 0 Å². The highest BCUT2D eigenvalue weighted by Crippen LogP contribution is 2.37. The summed E-state index contributed by atoms with van der Waals surface area (Å²) < 4.78 is 51.9. The van der Waals surface area contributed by atoms with E-state index in [-0.39, 0.29) is 60.2 Å². The molecule has 5 aliphatic heterocycles. The number of carbonyl (C=O) groups excluding carboxylic acids is 11. The van der Waals surface area contributed by atoms with Gasteiger partial charge in [-0.05, 0) is 158 Å². The Kier molecular flexibility index (Phi) is 42.4. The second kappa shape index (κ2) is 50.5. The minimum absolute atomic E-state index is 0.0696. The number of benzene rings is 4. The number of esters is 5. The molecule has 0 bridgehead atoms. The molecule has 4 N–H and O–H groups in total. The van der Waals surface area contributed by atoms with Crippen molar-refractivity contribution >= 4 is 66.1 Å². The Balaban J connectivity index is 0.000000285. The van der Waals surface area contributed by atoms with Gasteiger partial charge in [0, 0.05) is 100 Å². The number of ether oxygens (including phenoxy) is 10. The maximum absolute atomic E-state index is 12.7. The number of hydrogen-bond acceptors (Lipinski definition) is 25. The van der Waals surface area contributed by atoms with Crippen LogP contribution in [-0.4, -0.2) is 241 Å². The second-order valence-electron chi connectivity index (χ2n) is 36.7. The van der Waals surface area contributed by atoms with Gasteiger partial charge in [0.15, 0.2) is 5.78 Å². The molecule has 0 aromatic heterocycles. The molecule has 128 heavy (non-hydrogen) atoms. The molecule has 5 heterocycles. The van der Waals surface area contributed by atoms with Crippen molar-refractivity contribution in [3.05, 3.63) is 207 Å². The smallest absolute Gasteiger partial charge is 0.411 e. The van der Waals surface area contributed by atoms with Crippen molar-refractivity contribution in [2.24, 2.45) is 29.6 Å². The maximum Gasteiger partial charge on any atom is 0.411 e. The lowest BCUT2D eigenvalue weighted by atomic mass is 9.92. The standard InChI is InChI=1S/4C21H30N2O4.C14H21NO5/c4*1-6-10-16-17(22-13-15-11-8-7-9-12-15)14-23(18(16)19(24)26-5)20(25)27-21(2,3)4;1-6-7-9-10(16)8-15(11(9)12(17)19-5)13(18)20-14(2,3)4/h4*6-9,11-12,16-18,22H,1,10,13-14H2,2-5H3;6,9,11H,1,7-8H2,2-5H3/t4*16?,17?,18-;9?,11-/m00000/s1. The van der Waals surface area contributed by atoms with Crippen LogP contribution in [0.3, 0.4) is 0 Å². The van der Waals surface area contributed by atoms with Gasteiger partial charge in [0.25, 0.3) is 0 Å². The Morgan fingerprint density at radius 3 is 0.672 bits per heavy atom. The Morgan fingerprint density at radius 2 is 0.492 bits per heavy atom. The van der Waals surface area contributed by atoms with E-state index in [4.69, 9.17) is 47.4 Å². The molecule has 0 aliphatic carbocycles. The van der Waals surface area contributed by atoms with Crippen molar-refractivity contribution in [3.63, 3.8) is 0 Å². The molecule has 5 saturated heterocycles. The van der Waals surface area contributed by atoms with E-state index in [2.05, 4.69) is 54.2 Å². The van der Waals surface area contributed by atoms with Crippen molar-refractivity contribution in [2.45, 2.75) is 245 Å². The Labute approximate surface area is 757 Å². The number of nitrogens with one attached hydrogen (secondary N) is 4. The highest BCUT2D eigenvalue weighted by Gasteiger charge is 2.54. The van der Waals surface area contributed by atoms with E-state index in [1.165, 1.54) is 55.1 Å². The molecule has 704 valence electrons. The number of amides is 5. The van der Waals surface area contributed by atoms with Crippen molar-refractivity contribution in [1.29, 1.82) is 0 Å². The number of hydrogen-bond donors (Lipinski definition) is 4. The monoisotopic (exact) mass is 1780 g/mol. The van der Waals surface area contributed by atoms with Gasteiger partial charge in [-0.1, -0.05) is 152 Å². The number of likely N-dealkylation sites (tertiary alicyclic amines) is 5. The molecule has 5 fully saturated rings. The summed E-state index contributed by atoms with van der Waals surface area (Å²) in [6.07, 6.45) is 8.62. The summed E-state index contributed by atoms with van der Waals surface area (Å²) in [6, 6.07) is 36.0. The minimum atomic E-state index is -0.944. The number of methoxy groups -OCH3 is 5. The number of carbonyl (C=O) groups is 11. The number of nitrogens with zero attached hydrogens (tertiary/aromatic N) is 5. The van der Waals surface area contributed by atoms with Crippen LogP contribution in [0.2, 0.25) is 0 Å². The van der Waals surface area contributed by atoms with Crippen LogP contribution >= 0.6 is 0 Å². The highest BCUT2D eigenvalue weighted by molar-refractivity contribution is 5.98. The van der Waals surface area contributed by atoms with E-state index < -0.39 is 124 Å². The molecule has 9 rings (SSSR count). The van der Waals surface area contributed by atoms with Crippen LogP contribution < -0.4 is 21.3 Å². The minimum Gasteiger partial charge on any atom is -0.467 e. The van der Waals surface area contributed by atoms with Crippen molar-refractivity contribution in [2.75, 3.05) is 68.3 Å². The summed E-state index contributed by atoms with van der Waals surface area (Å²) in [7, 11) is 6.58. The molecular weight excluding hydrogens is 1640 g/mol. The fraction of sp³-hybridized carbons (Fsp3) is 0.541. The number of ketones is 1. The van der Waals surface area contributed by atoms with Gasteiger partial charge in [0.2, 0.25) is 0 Å². The number of rotatable bonds is 27. The first-order chi connectivity index (χ1) is 60.3. The predicted octanol–water partition coefficient (Wildman–Crippen LogP) is 14.1. The quantitative estimate of drug-likeness (QED) is 0.0245. The third kappa shape index (κ3) is 33.5. The summed E-state index contributed by atoms with van der Waals surface area (Å²) in [5.41, 5.74) is 1.31. The number of Topliss-reactive ketones (excluding diaryl/α,β-unsaturated/α-hetero) is 1. The van der Waals surface area contributed by atoms with E-state index in [9.17, 15) is 52.7 Å². The van der Waals surface area contributed by atoms with E-state index >= 15 is 0 Å². The summed E-state index contributed by atoms with van der Waals surface area (Å²) >= 11 is 0. The van der Waals surface area contributed by atoms with Gasteiger partial charge in [-0.25, -0.2) is 47.9 Å². The lowest BCUT2D eigenvalue weighted by Crippen LogP contribution is -2.46. The Morgan fingerprint density at radius 1 is 0.305 bits per heavy atom. The Bertz CT molecular complexity index is 3830. The summed E-state index contributed by atoms with van der Waals surface area (Å²) in [5, 5.41) is 13.9. The van der Waals surface area contributed by atoms with Gasteiger partial charge in [0.1, 0.15) is 58.2 Å². The lowest BCUT2D eigenvalue weighted by molar-refractivity contribution is -0.148. The first-order valence-electron chi connectivity index (χ1n) is 43.3. The van der Waals surface area contributed by atoms with Gasteiger partial charge in [-0.2, -0.15) is 0 Å². The van der Waals surface area contributed by atoms with Crippen LogP contribution in [-0.2, 0) is 102 Å². The lowest BCUT2D eigenvalue weighted by Gasteiger charge is -2.28. The van der Waals surface area contributed by atoms with Crippen LogP contribution in [0.1, 0.15) is 158 Å². The first-order valence-corrected chi connectivity index (χ1v) is 43.3. The fourth-order valence-corrected chi connectivity index (χ4v) is 15.7. The van der Waals surface area contributed by atoms with Crippen LogP contribution in [0.4, 0.5) is 24.0 Å². The third-order valence-corrected chi connectivity index (χ3v) is 21.2. The Hall–Kier alpha value is -11.2. The molecule has 0 spiro atoms. The predicted molar refractivity (Wildman–Crippen MR) is 489 cm³/mol. The topological polar surface area (TPSA) is 344 Å². The van der Waals surface area contributed by atoms with Crippen LogP contribution in [0.15, 0.2) is 185 Å². The molecule has 5 aliphatic rings. The average molecular weight is 1780 g/mol. The molecule has 0 saturated carbocycles. The fourth-order valence-electron chi connectivity index (χ4n) is 15.7. The van der Waals surface area contributed by atoms with Gasteiger partial charge in [-0.15, -0.1) is 32.9 Å². The molecule has 4 aromatic rings. The number of allylic oxidation sites excluding steroid dienone is 5. The second-order valence-corrected chi connectivity index (χ2v) is 36.7. The summed E-state index contributed by atoms with van der Waals surface area (Å²) in [4.78, 5) is 144. The summed E-state index contributed by atoms with van der Waals surface area (Å²) in [5.74, 6) is -3.69. The van der Waals surface area contributed by atoms with Crippen molar-refractivity contribution < 1.29 is 100 Å². The van der Waals surface area contributed by atoms with Crippen molar-refractivity contribution in [1.82, 2.24) is 45.8 Å². The SMILES string of the molecule is C=CCC1C(=O)CN(C(=O)OC(C)(C)C)[C@@H]1C(=O)OC.C=CCC1C(NCc2ccccc2)CN(C(=O)OC(C)(C)C)[C@@H]1C(=O)OC.C=CCC1C(NCc2ccccc2)CN(C(=O)OC(C)(C)C)[C@@H]1C(=O)OC.C=CCC1C(NCc2ccccc2)CN(C(=O)OC(C)(C)C)[C@@H]1C(=O)OC.C=CCC1C(NCc2ccccc2)CN(C(=O)OC(C)(C)C)[C@@H]1C(=O)OC. The zero-order chi connectivity index (χ0) is 95.6. The normalized spacial score (nSPS) is 22.4. The molecule has 0 radical (unpaired) electrons. The zero-order valence-electron chi connectivity index (χ0n) is 78.8. The van der Waals surface area contributed by atoms with E-state index in [1.54, 1.807) is 134 Å². The van der Waals surface area contributed by atoms with Crippen molar-refractivity contribution in [3.8, 4) is 0 Å². The van der Waals surface area contributed by atoms with E-state index in [1.807, 2.05) is 121 Å². The zero-order valence-corrected chi connectivity index (χ0v) is 78.8. The molecule has 5 amide bonds. The van der Waals surface area contributed by atoms with Crippen LogP contribution in [0, 0.1) is 29.6 Å². The highest BCUT2D eigenvalue weighted by atomic mass is 16.6. The molecule has 14 atom stereocenters. The maximum atomic E-state index is 12.7. The summed E-state index contributed by atoms with van der Waals surface area (Å²) in [6.45, 7) is 49.6. The van der Waals surface area contributed by atoms with Gasteiger partial charge >= 0.3 is 60.3 Å². The molecule has 30 heteroatoms. The molecule has 9 unspecified atom stereocenters. The van der Waals surface area contributed by atoms with Gasteiger partial charge < -0.3 is 68.6 Å². The first kappa shape index (κ1) is 107. The van der Waals surface area contributed by atoms with E-state index in [0.717, 1.165) is 27.2 Å². The average Bonchev–Trinajstić information content (AvgIpc) is 1.67. The molecule has 4 aromatic carbocycles.